The Bertz CT molecular complexity index is 303. The van der Waals surface area contributed by atoms with Gasteiger partial charge in [-0.25, -0.2) is 9.59 Å². The van der Waals surface area contributed by atoms with Gasteiger partial charge < -0.3 is 15.7 Å². The monoisotopic (exact) mass is 256 g/mol. The summed E-state index contributed by atoms with van der Waals surface area (Å²) >= 11 is 0. The number of carbonyl (C=O) groups excluding carboxylic acids is 1. The SMILES string of the molecule is CCC(C)[C@H](NC(=O)NCC(C)C1CC1)C(=O)O. The van der Waals surface area contributed by atoms with Crippen molar-refractivity contribution in [3.63, 3.8) is 0 Å². The topological polar surface area (TPSA) is 78.4 Å². The second kappa shape index (κ2) is 6.61. The van der Waals surface area contributed by atoms with Crippen molar-refractivity contribution in [1.29, 1.82) is 0 Å². The van der Waals surface area contributed by atoms with Crippen molar-refractivity contribution >= 4 is 12.0 Å². The van der Waals surface area contributed by atoms with Gasteiger partial charge >= 0.3 is 12.0 Å². The number of hydrogen-bond donors (Lipinski definition) is 3. The van der Waals surface area contributed by atoms with E-state index < -0.39 is 12.0 Å². The van der Waals surface area contributed by atoms with Crippen molar-refractivity contribution in [1.82, 2.24) is 10.6 Å². The molecule has 5 nitrogen and oxygen atoms in total. The largest absolute Gasteiger partial charge is 0.480 e. The fourth-order valence-corrected chi connectivity index (χ4v) is 1.96. The molecule has 104 valence electrons. The molecule has 0 radical (unpaired) electrons. The molecule has 0 spiro atoms. The Hall–Kier alpha value is -1.26. The van der Waals surface area contributed by atoms with E-state index in [2.05, 4.69) is 17.6 Å². The number of aliphatic carboxylic acids is 1. The molecule has 5 heteroatoms. The predicted octanol–water partition coefficient (Wildman–Crippen LogP) is 1.83. The second-order valence-corrected chi connectivity index (χ2v) is 5.37. The molecule has 1 rings (SSSR count). The molecular formula is C13H24N2O3. The Labute approximate surface area is 108 Å². The second-order valence-electron chi connectivity index (χ2n) is 5.37. The van der Waals surface area contributed by atoms with Crippen LogP contribution in [0.5, 0.6) is 0 Å². The summed E-state index contributed by atoms with van der Waals surface area (Å²) in [5.41, 5.74) is 0. The van der Waals surface area contributed by atoms with E-state index in [9.17, 15) is 9.59 Å². The average molecular weight is 256 g/mol. The smallest absolute Gasteiger partial charge is 0.326 e. The first-order valence-electron chi connectivity index (χ1n) is 6.72. The summed E-state index contributed by atoms with van der Waals surface area (Å²) in [6.07, 6.45) is 3.21. The molecule has 1 aliphatic carbocycles. The van der Waals surface area contributed by atoms with Crippen LogP contribution in [-0.2, 0) is 4.79 Å². The lowest BCUT2D eigenvalue weighted by molar-refractivity contribution is -0.140. The number of rotatable bonds is 7. The summed E-state index contributed by atoms with van der Waals surface area (Å²) in [5.74, 6) is 0.154. The Morgan fingerprint density at radius 2 is 1.94 bits per heavy atom. The Balaban J connectivity index is 2.33. The fourth-order valence-electron chi connectivity index (χ4n) is 1.96. The maximum atomic E-state index is 11.6. The van der Waals surface area contributed by atoms with Gasteiger partial charge in [0.1, 0.15) is 6.04 Å². The molecule has 0 heterocycles. The molecule has 0 bridgehead atoms. The predicted molar refractivity (Wildman–Crippen MR) is 69.3 cm³/mol. The van der Waals surface area contributed by atoms with E-state index in [4.69, 9.17) is 5.11 Å². The molecule has 1 aliphatic rings. The van der Waals surface area contributed by atoms with Gasteiger partial charge in [0.05, 0.1) is 0 Å². The van der Waals surface area contributed by atoms with Crippen molar-refractivity contribution < 1.29 is 14.7 Å². The van der Waals surface area contributed by atoms with Crippen LogP contribution in [0.3, 0.4) is 0 Å². The highest BCUT2D eigenvalue weighted by Crippen LogP contribution is 2.35. The highest BCUT2D eigenvalue weighted by Gasteiger charge is 2.29. The molecule has 1 saturated carbocycles. The third-order valence-corrected chi connectivity index (χ3v) is 3.78. The van der Waals surface area contributed by atoms with Crippen LogP contribution in [0.1, 0.15) is 40.0 Å². The van der Waals surface area contributed by atoms with Crippen LogP contribution in [0.2, 0.25) is 0 Å². The van der Waals surface area contributed by atoms with Gasteiger partial charge in [0.15, 0.2) is 0 Å². The Kier molecular flexibility index (Phi) is 5.44. The van der Waals surface area contributed by atoms with E-state index >= 15 is 0 Å². The maximum Gasteiger partial charge on any atom is 0.326 e. The van der Waals surface area contributed by atoms with Gasteiger partial charge in [0.2, 0.25) is 0 Å². The third kappa shape index (κ3) is 4.55. The summed E-state index contributed by atoms with van der Waals surface area (Å²) in [4.78, 5) is 22.7. The van der Waals surface area contributed by atoms with Gasteiger partial charge in [-0.2, -0.15) is 0 Å². The number of carboxylic acid groups (broad SMARTS) is 1. The summed E-state index contributed by atoms with van der Waals surface area (Å²) in [6.45, 7) is 6.46. The summed E-state index contributed by atoms with van der Waals surface area (Å²) in [5, 5.41) is 14.3. The van der Waals surface area contributed by atoms with Crippen LogP contribution in [-0.4, -0.2) is 29.7 Å². The van der Waals surface area contributed by atoms with E-state index in [0.29, 0.717) is 12.5 Å². The zero-order valence-corrected chi connectivity index (χ0v) is 11.4. The molecule has 0 aromatic carbocycles. The minimum atomic E-state index is -0.977. The zero-order valence-electron chi connectivity index (χ0n) is 11.4. The molecular weight excluding hydrogens is 232 g/mol. The molecule has 0 aromatic heterocycles. The van der Waals surface area contributed by atoms with Crippen molar-refractivity contribution in [2.75, 3.05) is 6.54 Å². The highest BCUT2D eigenvalue weighted by atomic mass is 16.4. The summed E-state index contributed by atoms with van der Waals surface area (Å²) in [6, 6.07) is -1.19. The summed E-state index contributed by atoms with van der Waals surface area (Å²) in [7, 11) is 0. The molecule has 3 N–H and O–H groups in total. The van der Waals surface area contributed by atoms with Crippen LogP contribution >= 0.6 is 0 Å². The number of carbonyl (C=O) groups is 2. The lowest BCUT2D eigenvalue weighted by Crippen LogP contribution is -2.49. The fraction of sp³-hybridized carbons (Fsp3) is 0.846. The van der Waals surface area contributed by atoms with Crippen molar-refractivity contribution in [3.05, 3.63) is 0 Å². The zero-order chi connectivity index (χ0) is 13.7. The Morgan fingerprint density at radius 3 is 2.39 bits per heavy atom. The molecule has 0 saturated heterocycles. The van der Waals surface area contributed by atoms with Gasteiger partial charge in [-0.1, -0.05) is 27.2 Å². The standard InChI is InChI=1S/C13H24N2O3/c1-4-8(2)11(12(16)17)15-13(18)14-7-9(3)10-5-6-10/h8-11H,4-7H2,1-3H3,(H,16,17)(H2,14,15,18)/t8?,9?,11-/m0/s1. The lowest BCUT2D eigenvalue weighted by Gasteiger charge is -2.21. The minimum Gasteiger partial charge on any atom is -0.480 e. The van der Waals surface area contributed by atoms with Crippen LogP contribution in [0.25, 0.3) is 0 Å². The first kappa shape index (κ1) is 14.8. The van der Waals surface area contributed by atoms with E-state index in [1.54, 1.807) is 0 Å². The normalized spacial score (nSPS) is 19.7. The number of hydrogen-bond acceptors (Lipinski definition) is 2. The van der Waals surface area contributed by atoms with E-state index in [1.807, 2.05) is 13.8 Å². The van der Waals surface area contributed by atoms with Crippen LogP contribution in [0.4, 0.5) is 4.79 Å². The molecule has 0 aliphatic heterocycles. The third-order valence-electron chi connectivity index (χ3n) is 3.78. The van der Waals surface area contributed by atoms with E-state index in [0.717, 1.165) is 12.3 Å². The van der Waals surface area contributed by atoms with Gasteiger partial charge in [-0.05, 0) is 30.6 Å². The van der Waals surface area contributed by atoms with Gasteiger partial charge in [0, 0.05) is 6.54 Å². The number of amides is 2. The van der Waals surface area contributed by atoms with Gasteiger partial charge in [-0.3, -0.25) is 0 Å². The lowest BCUT2D eigenvalue weighted by atomic mass is 9.99. The van der Waals surface area contributed by atoms with E-state index in [-0.39, 0.29) is 11.9 Å². The summed E-state index contributed by atoms with van der Waals surface area (Å²) < 4.78 is 0. The molecule has 2 amide bonds. The van der Waals surface area contributed by atoms with E-state index in [1.165, 1.54) is 12.8 Å². The molecule has 3 atom stereocenters. The Morgan fingerprint density at radius 1 is 1.33 bits per heavy atom. The van der Waals surface area contributed by atoms with Crippen molar-refractivity contribution in [3.8, 4) is 0 Å². The number of carboxylic acids is 1. The average Bonchev–Trinajstić information content (AvgIpc) is 3.15. The van der Waals surface area contributed by atoms with Crippen molar-refractivity contribution in [2.45, 2.75) is 46.1 Å². The van der Waals surface area contributed by atoms with Crippen LogP contribution in [0, 0.1) is 17.8 Å². The molecule has 18 heavy (non-hydrogen) atoms. The highest BCUT2D eigenvalue weighted by molar-refractivity contribution is 5.82. The molecule has 0 aromatic rings. The number of nitrogens with one attached hydrogen (secondary N) is 2. The molecule has 1 fully saturated rings. The first-order valence-corrected chi connectivity index (χ1v) is 6.72. The number of urea groups is 1. The van der Waals surface area contributed by atoms with Gasteiger partial charge in [-0.15, -0.1) is 0 Å². The van der Waals surface area contributed by atoms with Crippen molar-refractivity contribution in [2.24, 2.45) is 17.8 Å². The maximum absolute atomic E-state index is 11.6. The minimum absolute atomic E-state index is 0.0749. The van der Waals surface area contributed by atoms with Gasteiger partial charge in [0.25, 0.3) is 0 Å². The molecule has 2 unspecified atom stereocenters. The quantitative estimate of drug-likeness (QED) is 0.650. The first-order chi connectivity index (χ1) is 8.45. The van der Waals surface area contributed by atoms with Crippen LogP contribution in [0.15, 0.2) is 0 Å². The van der Waals surface area contributed by atoms with Crippen LogP contribution < -0.4 is 10.6 Å².